The Kier molecular flexibility index (Phi) is 10.4. The van der Waals surface area contributed by atoms with Crippen molar-refractivity contribution in [3.8, 4) is 0 Å². The Morgan fingerprint density at radius 1 is 0.952 bits per heavy atom. The number of nitrogens with one attached hydrogen (secondary N) is 1. The van der Waals surface area contributed by atoms with E-state index >= 15 is 0 Å². The second kappa shape index (κ2) is 14.4. The normalized spacial score (nSPS) is 14.1. The Labute approximate surface area is 244 Å². The Morgan fingerprint density at radius 2 is 1.64 bits per heavy atom. The number of non-ortho nitro benzene ring substituents is 1. The van der Waals surface area contributed by atoms with Crippen LogP contribution >= 0.6 is 0 Å². The van der Waals surface area contributed by atoms with Crippen LogP contribution in [0.3, 0.4) is 0 Å². The Morgan fingerprint density at radius 3 is 2.29 bits per heavy atom. The van der Waals surface area contributed by atoms with Crippen molar-refractivity contribution in [2.75, 3.05) is 11.4 Å². The molecule has 1 aliphatic rings. The van der Waals surface area contributed by atoms with E-state index in [-0.39, 0.29) is 30.1 Å². The SMILES string of the molecule is O=C(NC[C@@H](O)C(=O)O)c1ccc(CN(C(=O)CCc2cccc([N+](=O)[O-])c2)c2ccc(C3CCCCC3)cc2)cc1. The van der Waals surface area contributed by atoms with Gasteiger partial charge in [-0.2, -0.15) is 0 Å². The Hall–Kier alpha value is -4.57. The molecule has 220 valence electrons. The van der Waals surface area contributed by atoms with Gasteiger partial charge in [0.05, 0.1) is 18.0 Å². The van der Waals surface area contributed by atoms with Gasteiger partial charge in [0.2, 0.25) is 5.91 Å². The number of nitro groups is 1. The van der Waals surface area contributed by atoms with Gasteiger partial charge in [-0.05, 0) is 66.1 Å². The molecule has 10 heteroatoms. The highest BCUT2D eigenvalue weighted by Crippen LogP contribution is 2.33. The van der Waals surface area contributed by atoms with E-state index in [1.807, 2.05) is 12.1 Å². The Balaban J connectivity index is 1.49. The second-order valence-electron chi connectivity index (χ2n) is 10.6. The number of carboxylic acids is 1. The molecule has 3 aromatic rings. The van der Waals surface area contributed by atoms with Gasteiger partial charge < -0.3 is 20.4 Å². The minimum atomic E-state index is -1.70. The summed E-state index contributed by atoms with van der Waals surface area (Å²) in [5.41, 5.74) is 3.76. The first-order chi connectivity index (χ1) is 20.2. The smallest absolute Gasteiger partial charge is 0.334 e. The number of hydrogen-bond donors (Lipinski definition) is 3. The summed E-state index contributed by atoms with van der Waals surface area (Å²) in [6.07, 6.45) is 4.86. The van der Waals surface area contributed by atoms with E-state index < -0.39 is 29.4 Å². The van der Waals surface area contributed by atoms with E-state index in [9.17, 15) is 29.6 Å². The van der Waals surface area contributed by atoms with Crippen LogP contribution in [0, 0.1) is 10.1 Å². The van der Waals surface area contributed by atoms with Crippen molar-refractivity contribution < 1.29 is 29.5 Å². The monoisotopic (exact) mass is 573 g/mol. The number of rotatable bonds is 12. The van der Waals surface area contributed by atoms with Crippen LogP contribution in [0.15, 0.2) is 72.8 Å². The van der Waals surface area contributed by atoms with Gasteiger partial charge in [-0.25, -0.2) is 4.79 Å². The van der Waals surface area contributed by atoms with Crippen LogP contribution in [-0.2, 0) is 22.6 Å². The van der Waals surface area contributed by atoms with Crippen molar-refractivity contribution in [3.63, 3.8) is 0 Å². The number of nitrogens with zero attached hydrogens (tertiary/aromatic N) is 2. The number of anilines is 1. The molecule has 0 aromatic heterocycles. The number of hydrogen-bond acceptors (Lipinski definition) is 6. The second-order valence-corrected chi connectivity index (χ2v) is 10.6. The van der Waals surface area contributed by atoms with Gasteiger partial charge in [-0.1, -0.05) is 55.7 Å². The predicted molar refractivity (Wildman–Crippen MR) is 157 cm³/mol. The third kappa shape index (κ3) is 8.23. The molecule has 0 bridgehead atoms. The number of benzene rings is 3. The van der Waals surface area contributed by atoms with E-state index in [0.29, 0.717) is 17.9 Å². The molecule has 1 saturated carbocycles. The lowest BCUT2D eigenvalue weighted by atomic mass is 9.84. The van der Waals surface area contributed by atoms with Gasteiger partial charge >= 0.3 is 5.97 Å². The maximum atomic E-state index is 13.6. The van der Waals surface area contributed by atoms with Gasteiger partial charge in [-0.15, -0.1) is 0 Å². The Bertz CT molecular complexity index is 1400. The highest BCUT2D eigenvalue weighted by atomic mass is 16.6. The van der Waals surface area contributed by atoms with Crippen molar-refractivity contribution in [2.24, 2.45) is 0 Å². The molecular weight excluding hydrogens is 538 g/mol. The summed E-state index contributed by atoms with van der Waals surface area (Å²) >= 11 is 0. The molecule has 1 fully saturated rings. The molecule has 10 nitrogen and oxygen atoms in total. The van der Waals surface area contributed by atoms with Crippen molar-refractivity contribution in [1.29, 1.82) is 0 Å². The summed E-state index contributed by atoms with van der Waals surface area (Å²) in [7, 11) is 0. The minimum absolute atomic E-state index is 0.0169. The summed E-state index contributed by atoms with van der Waals surface area (Å²) in [6.45, 7) is -0.171. The van der Waals surface area contributed by atoms with Crippen molar-refractivity contribution >= 4 is 29.2 Å². The van der Waals surface area contributed by atoms with Crippen LogP contribution in [0.25, 0.3) is 0 Å². The summed E-state index contributed by atoms with van der Waals surface area (Å²) in [5.74, 6) is -1.56. The molecule has 3 N–H and O–H groups in total. The number of amides is 2. The summed E-state index contributed by atoms with van der Waals surface area (Å²) in [5, 5.41) is 31.7. The van der Waals surface area contributed by atoms with E-state index in [2.05, 4.69) is 17.4 Å². The summed E-state index contributed by atoms with van der Waals surface area (Å²) in [4.78, 5) is 49.1. The average molecular weight is 574 g/mol. The molecule has 0 radical (unpaired) electrons. The number of aliphatic hydroxyl groups excluding tert-OH is 1. The number of carbonyl (C=O) groups excluding carboxylic acids is 2. The zero-order chi connectivity index (χ0) is 30.1. The molecule has 0 heterocycles. The lowest BCUT2D eigenvalue weighted by molar-refractivity contribution is -0.384. The number of carboxylic acid groups (broad SMARTS) is 1. The quantitative estimate of drug-likeness (QED) is 0.204. The molecule has 1 atom stereocenters. The van der Waals surface area contributed by atoms with Crippen LogP contribution in [0.2, 0.25) is 0 Å². The number of aliphatic carboxylic acids is 1. The van der Waals surface area contributed by atoms with Gasteiger partial charge in [0, 0.05) is 29.8 Å². The molecule has 3 aromatic carbocycles. The third-order valence-electron chi connectivity index (χ3n) is 7.63. The van der Waals surface area contributed by atoms with Gasteiger partial charge in [0.15, 0.2) is 6.10 Å². The first-order valence-electron chi connectivity index (χ1n) is 14.1. The lowest BCUT2D eigenvalue weighted by Crippen LogP contribution is -2.36. The number of carbonyl (C=O) groups is 3. The molecule has 4 rings (SSSR count). The van der Waals surface area contributed by atoms with Crippen LogP contribution in [0.1, 0.15) is 71.5 Å². The zero-order valence-corrected chi connectivity index (χ0v) is 23.3. The van der Waals surface area contributed by atoms with Crippen molar-refractivity contribution in [3.05, 3.63) is 105 Å². The van der Waals surface area contributed by atoms with Crippen molar-refractivity contribution in [2.45, 2.75) is 63.5 Å². The number of aryl methyl sites for hydroxylation is 1. The molecule has 0 unspecified atom stereocenters. The molecule has 2 amide bonds. The van der Waals surface area contributed by atoms with Gasteiger partial charge in [0.25, 0.3) is 11.6 Å². The zero-order valence-electron chi connectivity index (χ0n) is 23.3. The highest BCUT2D eigenvalue weighted by Gasteiger charge is 2.20. The molecule has 0 aliphatic heterocycles. The molecule has 42 heavy (non-hydrogen) atoms. The lowest BCUT2D eigenvalue weighted by Gasteiger charge is -2.25. The maximum absolute atomic E-state index is 13.6. The fourth-order valence-electron chi connectivity index (χ4n) is 5.22. The first-order valence-corrected chi connectivity index (χ1v) is 14.1. The largest absolute Gasteiger partial charge is 0.479 e. The van der Waals surface area contributed by atoms with E-state index in [4.69, 9.17) is 5.11 Å². The highest BCUT2D eigenvalue weighted by molar-refractivity contribution is 5.95. The average Bonchev–Trinajstić information content (AvgIpc) is 3.02. The molecule has 0 saturated heterocycles. The fraction of sp³-hybridized carbons (Fsp3) is 0.344. The molecular formula is C32H35N3O7. The molecule has 1 aliphatic carbocycles. The number of nitro benzene ring substituents is 1. The van der Waals surface area contributed by atoms with E-state index in [1.165, 1.54) is 49.8 Å². The van der Waals surface area contributed by atoms with Gasteiger partial charge in [-0.3, -0.25) is 19.7 Å². The minimum Gasteiger partial charge on any atom is -0.479 e. The number of aliphatic hydroxyl groups is 1. The van der Waals surface area contributed by atoms with Crippen LogP contribution in [-0.4, -0.2) is 45.6 Å². The topological polar surface area (TPSA) is 150 Å². The van der Waals surface area contributed by atoms with Crippen LogP contribution in [0.5, 0.6) is 0 Å². The van der Waals surface area contributed by atoms with Crippen LogP contribution < -0.4 is 10.2 Å². The van der Waals surface area contributed by atoms with Crippen LogP contribution in [0.4, 0.5) is 11.4 Å². The molecule has 0 spiro atoms. The van der Waals surface area contributed by atoms with Gasteiger partial charge in [0.1, 0.15) is 0 Å². The first kappa shape index (κ1) is 30.4. The fourth-order valence-corrected chi connectivity index (χ4v) is 5.22. The van der Waals surface area contributed by atoms with E-state index in [1.54, 1.807) is 41.3 Å². The third-order valence-corrected chi connectivity index (χ3v) is 7.63. The van der Waals surface area contributed by atoms with E-state index in [0.717, 1.165) is 11.3 Å². The maximum Gasteiger partial charge on any atom is 0.334 e. The predicted octanol–water partition coefficient (Wildman–Crippen LogP) is 4.98. The standard InChI is InChI=1S/C32H35N3O7/c36-29(32(39)40)20-33-31(38)26-12-9-23(10-13-26)21-34(27-16-14-25(15-17-27)24-6-2-1-3-7-24)30(37)18-11-22-5-4-8-28(19-22)35(41)42/h4-5,8-10,12-17,19,24,29,36H,1-3,6-7,11,18,20-21H2,(H,33,38)(H,39,40)/t29-/m1/s1. The summed E-state index contributed by atoms with van der Waals surface area (Å²) in [6, 6.07) is 21.0. The van der Waals surface area contributed by atoms with Crippen molar-refractivity contribution in [1.82, 2.24) is 5.32 Å². The summed E-state index contributed by atoms with van der Waals surface area (Å²) < 4.78 is 0.